The average Bonchev–Trinajstić information content (AvgIpc) is 2.96. The molecule has 2 aromatic rings. The van der Waals surface area contributed by atoms with Crippen LogP contribution in [0.4, 0.5) is 0 Å². The monoisotopic (exact) mass is 482 g/mol. The van der Waals surface area contributed by atoms with Crippen LogP contribution in [0, 0.1) is 5.92 Å². The number of piperidine rings is 1. The second-order valence-corrected chi connectivity index (χ2v) is 10.0. The fourth-order valence-corrected chi connectivity index (χ4v) is 5.75. The number of carboxylic acids is 1. The molecular formula is C27H38N4O4. The van der Waals surface area contributed by atoms with Crippen LogP contribution in [0.2, 0.25) is 0 Å². The molecule has 2 heterocycles. The van der Waals surface area contributed by atoms with Gasteiger partial charge in [0.2, 0.25) is 5.71 Å². The highest BCUT2D eigenvalue weighted by atomic mass is 16.6. The van der Waals surface area contributed by atoms with Gasteiger partial charge in [0.1, 0.15) is 6.61 Å². The molecule has 2 fully saturated rings. The van der Waals surface area contributed by atoms with Gasteiger partial charge in [0.15, 0.2) is 5.69 Å². The summed E-state index contributed by atoms with van der Waals surface area (Å²) in [5, 5.41) is 13.4. The Kier molecular flexibility index (Phi) is 8.55. The second kappa shape index (κ2) is 11.8. The quantitative estimate of drug-likeness (QED) is 0.477. The van der Waals surface area contributed by atoms with E-state index in [0.29, 0.717) is 11.6 Å². The van der Waals surface area contributed by atoms with E-state index in [1.54, 1.807) is 11.5 Å². The van der Waals surface area contributed by atoms with Crippen molar-refractivity contribution < 1.29 is 14.7 Å². The van der Waals surface area contributed by atoms with Crippen molar-refractivity contribution in [3.05, 3.63) is 40.3 Å². The highest BCUT2D eigenvalue weighted by molar-refractivity contribution is 6.41. The van der Waals surface area contributed by atoms with E-state index >= 15 is 0 Å². The summed E-state index contributed by atoms with van der Waals surface area (Å²) in [7, 11) is 0. The molecule has 8 nitrogen and oxygen atoms in total. The first-order chi connectivity index (χ1) is 17.0. The summed E-state index contributed by atoms with van der Waals surface area (Å²) in [4.78, 5) is 37.5. The molecule has 2 aliphatic rings. The third-order valence-corrected chi connectivity index (χ3v) is 7.55. The minimum Gasteiger partial charge on any atom is -0.476 e. The van der Waals surface area contributed by atoms with Crippen molar-refractivity contribution in [2.45, 2.75) is 83.7 Å². The highest BCUT2D eigenvalue weighted by Gasteiger charge is 2.30. The number of fused-ring (bicyclic) bond motifs is 1. The largest absolute Gasteiger partial charge is 0.476 e. The van der Waals surface area contributed by atoms with Crippen LogP contribution in [0.15, 0.2) is 34.2 Å². The van der Waals surface area contributed by atoms with Gasteiger partial charge in [0.05, 0.1) is 11.0 Å². The zero-order valence-corrected chi connectivity index (χ0v) is 21.0. The predicted octanol–water partition coefficient (Wildman–Crippen LogP) is 4.61. The van der Waals surface area contributed by atoms with E-state index < -0.39 is 17.2 Å². The molecule has 0 amide bonds. The van der Waals surface area contributed by atoms with Gasteiger partial charge in [0.25, 0.3) is 5.56 Å². The van der Waals surface area contributed by atoms with E-state index in [1.807, 2.05) is 24.3 Å². The van der Waals surface area contributed by atoms with Crippen LogP contribution in [-0.4, -0.2) is 57.0 Å². The number of hydrogen-bond acceptors (Lipinski definition) is 6. The molecule has 35 heavy (non-hydrogen) atoms. The number of aromatic nitrogens is 2. The van der Waals surface area contributed by atoms with Crippen LogP contribution in [0.3, 0.4) is 0 Å². The average molecular weight is 483 g/mol. The van der Waals surface area contributed by atoms with Gasteiger partial charge >= 0.3 is 5.97 Å². The maximum Gasteiger partial charge on any atom is 0.360 e. The lowest BCUT2D eigenvalue weighted by atomic mass is 9.92. The SMILES string of the molecule is CCO/N=C(\C(=O)O)c1nc2ccccc2n(C2CCN([C@@H]3CCCCCC[C@@H](C)C3)CC2)c1=O. The van der Waals surface area contributed by atoms with Gasteiger partial charge in [-0.3, -0.25) is 4.79 Å². The lowest BCUT2D eigenvalue weighted by Gasteiger charge is -2.39. The third kappa shape index (κ3) is 5.92. The molecule has 0 bridgehead atoms. The lowest BCUT2D eigenvalue weighted by Crippen LogP contribution is -2.44. The molecule has 1 aromatic carbocycles. The standard InChI is InChI=1S/C27H38N4O4/c1-3-35-29-25(27(33)34)24-26(32)31(23-13-9-8-12-22(23)28-24)20-14-16-30(17-15-20)21-11-7-5-4-6-10-19(2)18-21/h8-9,12-13,19-21H,3-7,10-11,14-18H2,1-2H3,(H,33,34)/b29-25-/t19-,21-/m1/s1. The Balaban J connectivity index is 1.62. The molecule has 0 spiro atoms. The van der Waals surface area contributed by atoms with Crippen LogP contribution >= 0.6 is 0 Å². The molecule has 1 aromatic heterocycles. The number of hydrogen-bond donors (Lipinski definition) is 1. The smallest absolute Gasteiger partial charge is 0.360 e. The number of likely N-dealkylation sites (tertiary alicyclic amines) is 1. The summed E-state index contributed by atoms with van der Waals surface area (Å²) in [5.41, 5.74) is 0.279. The Hall–Kier alpha value is -2.74. The highest BCUT2D eigenvalue weighted by Crippen LogP contribution is 2.30. The van der Waals surface area contributed by atoms with Gasteiger partial charge in [-0.2, -0.15) is 0 Å². The zero-order chi connectivity index (χ0) is 24.8. The van der Waals surface area contributed by atoms with Gasteiger partial charge in [-0.1, -0.05) is 56.3 Å². The molecule has 8 heteroatoms. The number of para-hydroxylation sites is 2. The lowest BCUT2D eigenvalue weighted by molar-refractivity contribution is -0.129. The van der Waals surface area contributed by atoms with Crippen molar-refractivity contribution in [3.63, 3.8) is 0 Å². The van der Waals surface area contributed by atoms with E-state index in [1.165, 1.54) is 44.9 Å². The van der Waals surface area contributed by atoms with E-state index in [0.717, 1.165) is 37.4 Å². The van der Waals surface area contributed by atoms with Gasteiger partial charge < -0.3 is 19.4 Å². The maximum atomic E-state index is 13.6. The molecule has 2 atom stereocenters. The molecule has 1 saturated heterocycles. The van der Waals surface area contributed by atoms with Gasteiger partial charge in [-0.05, 0) is 50.7 Å². The maximum absolute atomic E-state index is 13.6. The minimum atomic E-state index is -1.32. The van der Waals surface area contributed by atoms with Crippen molar-refractivity contribution in [3.8, 4) is 0 Å². The fourth-order valence-electron chi connectivity index (χ4n) is 5.75. The molecular weight excluding hydrogens is 444 g/mol. The predicted molar refractivity (Wildman–Crippen MR) is 137 cm³/mol. The molecule has 1 saturated carbocycles. The Morgan fingerprint density at radius 2 is 1.80 bits per heavy atom. The first kappa shape index (κ1) is 25.4. The normalized spacial score (nSPS) is 23.4. The van der Waals surface area contributed by atoms with E-state index in [2.05, 4.69) is 22.0 Å². The van der Waals surface area contributed by atoms with E-state index in [4.69, 9.17) is 4.84 Å². The summed E-state index contributed by atoms with van der Waals surface area (Å²) in [5.74, 6) is -0.571. The van der Waals surface area contributed by atoms with Gasteiger partial charge in [-0.25, -0.2) is 9.78 Å². The van der Waals surface area contributed by atoms with Crippen LogP contribution in [0.25, 0.3) is 11.0 Å². The van der Waals surface area contributed by atoms with Crippen molar-refractivity contribution in [2.75, 3.05) is 19.7 Å². The Labute approximate surface area is 207 Å². The van der Waals surface area contributed by atoms with Gasteiger partial charge in [-0.15, -0.1) is 0 Å². The Morgan fingerprint density at radius 3 is 2.51 bits per heavy atom. The summed E-state index contributed by atoms with van der Waals surface area (Å²) in [6, 6.07) is 8.03. The third-order valence-electron chi connectivity index (χ3n) is 7.55. The van der Waals surface area contributed by atoms with Crippen LogP contribution < -0.4 is 5.56 Å². The number of aliphatic carboxylic acids is 1. The number of nitrogens with zero attached hydrogens (tertiary/aromatic N) is 4. The summed E-state index contributed by atoms with van der Waals surface area (Å²) < 4.78 is 1.76. The van der Waals surface area contributed by atoms with Gasteiger partial charge in [0, 0.05) is 25.2 Å². The second-order valence-electron chi connectivity index (χ2n) is 10.0. The Bertz CT molecular complexity index is 1100. The summed E-state index contributed by atoms with van der Waals surface area (Å²) in [6.45, 7) is 6.19. The Morgan fingerprint density at radius 1 is 1.09 bits per heavy atom. The molecule has 1 aliphatic heterocycles. The minimum absolute atomic E-state index is 0.0127. The topological polar surface area (TPSA) is 97.0 Å². The molecule has 0 radical (unpaired) electrons. The number of oxime groups is 1. The van der Waals surface area contributed by atoms with Crippen molar-refractivity contribution in [1.29, 1.82) is 0 Å². The summed E-state index contributed by atoms with van der Waals surface area (Å²) >= 11 is 0. The summed E-state index contributed by atoms with van der Waals surface area (Å²) in [6.07, 6.45) is 10.9. The first-order valence-corrected chi connectivity index (χ1v) is 13.2. The number of rotatable bonds is 6. The molecule has 190 valence electrons. The number of benzene rings is 1. The number of carboxylic acid groups (broad SMARTS) is 1. The van der Waals surface area contributed by atoms with E-state index in [-0.39, 0.29) is 18.3 Å². The van der Waals surface area contributed by atoms with Crippen molar-refractivity contribution in [1.82, 2.24) is 14.5 Å². The fraction of sp³-hybridized carbons (Fsp3) is 0.630. The number of carbonyl (C=O) groups is 1. The molecule has 1 N–H and O–H groups in total. The van der Waals surface area contributed by atoms with Crippen LogP contribution in [-0.2, 0) is 9.63 Å². The molecule has 0 unspecified atom stereocenters. The van der Waals surface area contributed by atoms with Crippen LogP contribution in [0.5, 0.6) is 0 Å². The molecule has 4 rings (SSSR count). The van der Waals surface area contributed by atoms with E-state index in [9.17, 15) is 14.7 Å². The zero-order valence-electron chi connectivity index (χ0n) is 21.0. The van der Waals surface area contributed by atoms with Crippen LogP contribution in [0.1, 0.15) is 83.4 Å². The van der Waals surface area contributed by atoms with Crippen molar-refractivity contribution >= 4 is 22.7 Å². The first-order valence-electron chi connectivity index (χ1n) is 13.2. The van der Waals surface area contributed by atoms with Crippen molar-refractivity contribution in [2.24, 2.45) is 11.1 Å². The molecule has 1 aliphatic carbocycles.